The summed E-state index contributed by atoms with van der Waals surface area (Å²) in [6, 6.07) is 94.0. The van der Waals surface area contributed by atoms with Crippen molar-refractivity contribution >= 4 is 92.9 Å². The van der Waals surface area contributed by atoms with E-state index in [1.165, 1.54) is 121 Å². The van der Waals surface area contributed by atoms with Gasteiger partial charge in [-0.3, -0.25) is 9.88 Å². The lowest BCUT2D eigenvalue weighted by Gasteiger charge is -2.36. The minimum absolute atomic E-state index is 0.108. The summed E-state index contributed by atoms with van der Waals surface area (Å²) in [6.07, 6.45) is 13.4. The molecule has 0 bridgehead atoms. The second-order valence-corrected chi connectivity index (χ2v) is 22.8. The van der Waals surface area contributed by atoms with Gasteiger partial charge in [-0.15, -0.1) is 0 Å². The first-order valence-electron chi connectivity index (χ1n) is 29.2. The van der Waals surface area contributed by atoms with E-state index in [4.69, 9.17) is 4.99 Å². The Morgan fingerprint density at radius 1 is 0.321 bits per heavy atom. The largest absolute Gasteiger partial charge is 0.309 e. The maximum atomic E-state index is 5.90. The Labute approximate surface area is 484 Å². The van der Waals surface area contributed by atoms with Gasteiger partial charge in [-0.1, -0.05) is 194 Å². The van der Waals surface area contributed by atoms with Crippen LogP contribution < -0.4 is 5.32 Å². The van der Waals surface area contributed by atoms with Crippen molar-refractivity contribution in [3.63, 3.8) is 0 Å². The zero-order chi connectivity index (χ0) is 55.0. The standard InChI is InChI=1S/C78H52N6/c1-3-18-55(19-4-1)81-69-28-14-11-25-61(69)66-45-51(36-43-72(66)81)53-34-40-63-59-23-9-13-27-68(59)83(74(63)47-53)57-38-31-50(32-39-57)76-65-42-33-49-17-7-8-22-58(49)77(65)80-78(79-76)84-71-30-16-10-24-60(71)64-41-35-54(48-75(64)84)52-37-44-73-67(46-52)62-26-12-15-29-70(62)82(73)56-20-5-2-6-21-56/h1-48,58,77-78,80H/p+1. The molecule has 4 aromatic heterocycles. The van der Waals surface area contributed by atoms with Crippen molar-refractivity contribution in [2.75, 3.05) is 0 Å². The van der Waals surface area contributed by atoms with Gasteiger partial charge in [-0.25, -0.2) is 4.99 Å². The minimum atomic E-state index is -0.283. The van der Waals surface area contributed by atoms with Crippen LogP contribution in [0.3, 0.4) is 0 Å². The predicted octanol–water partition coefficient (Wildman–Crippen LogP) is 17.9. The van der Waals surface area contributed by atoms with Crippen LogP contribution in [-0.4, -0.2) is 30.0 Å². The van der Waals surface area contributed by atoms with Crippen LogP contribution in [0.2, 0.25) is 0 Å². The second-order valence-electron chi connectivity index (χ2n) is 22.8. The number of aliphatic imine (C=N–C) groups is 1. The highest BCUT2D eigenvalue weighted by molar-refractivity contribution is 6.16. The lowest BCUT2D eigenvalue weighted by molar-refractivity contribution is -0.737. The Kier molecular flexibility index (Phi) is 10.3. The molecule has 15 aromatic rings. The van der Waals surface area contributed by atoms with E-state index in [1.54, 1.807) is 0 Å². The molecule has 11 aromatic carbocycles. The number of nitrogens with two attached hydrogens (primary N) is 1. The molecule has 3 atom stereocenters. The number of rotatable bonds is 7. The van der Waals surface area contributed by atoms with E-state index in [0.29, 0.717) is 0 Å². The first-order valence-corrected chi connectivity index (χ1v) is 29.2. The van der Waals surface area contributed by atoms with Gasteiger partial charge >= 0.3 is 0 Å². The normalized spacial score (nSPS) is 16.8. The van der Waals surface area contributed by atoms with Crippen LogP contribution in [-0.2, 0) is 0 Å². The Morgan fingerprint density at radius 3 is 1.35 bits per heavy atom. The topological polar surface area (TPSA) is 48.7 Å². The van der Waals surface area contributed by atoms with Crippen molar-refractivity contribution in [3.05, 3.63) is 308 Å². The van der Waals surface area contributed by atoms with Crippen LogP contribution >= 0.6 is 0 Å². The summed E-state index contributed by atoms with van der Waals surface area (Å²) in [7, 11) is 0. The summed E-state index contributed by atoms with van der Waals surface area (Å²) in [5, 5.41) is 12.4. The molecule has 0 amide bonds. The average Bonchev–Trinajstić information content (AvgIpc) is 2.87. The number of aromatic nitrogens is 4. The molecule has 6 heteroatoms. The predicted molar refractivity (Wildman–Crippen MR) is 349 cm³/mol. The molecule has 3 unspecified atom stereocenters. The van der Waals surface area contributed by atoms with Crippen LogP contribution in [0.5, 0.6) is 0 Å². The van der Waals surface area contributed by atoms with E-state index >= 15 is 0 Å². The van der Waals surface area contributed by atoms with Crippen LogP contribution in [0.25, 0.3) is 127 Å². The fourth-order valence-corrected chi connectivity index (χ4v) is 14.5. The van der Waals surface area contributed by atoms with Crippen molar-refractivity contribution < 1.29 is 5.32 Å². The molecule has 0 fully saturated rings. The molecule has 18 rings (SSSR count). The number of hydrogen-bond acceptors (Lipinski definition) is 1. The van der Waals surface area contributed by atoms with Crippen molar-refractivity contribution in [1.82, 2.24) is 18.3 Å². The zero-order valence-corrected chi connectivity index (χ0v) is 45.8. The summed E-state index contributed by atoms with van der Waals surface area (Å²) < 4.78 is 9.73. The Balaban J connectivity index is 0.763. The first-order chi connectivity index (χ1) is 41.7. The molecular weight excluding hydrogens is 1020 g/mol. The fraction of sp³-hybridized carbons (Fsp3) is 0.0385. The summed E-state index contributed by atoms with van der Waals surface area (Å²) in [4.78, 5) is 5.90. The Morgan fingerprint density at radius 2 is 0.750 bits per heavy atom. The number of para-hydroxylation sites is 6. The molecule has 2 N–H and O–H groups in total. The maximum Gasteiger partial charge on any atom is 0.265 e. The monoisotopic (exact) mass is 1070 g/mol. The Hall–Kier alpha value is -10.8. The van der Waals surface area contributed by atoms with Crippen LogP contribution in [0.4, 0.5) is 0 Å². The van der Waals surface area contributed by atoms with Crippen LogP contribution in [0, 0.1) is 5.92 Å². The molecule has 84 heavy (non-hydrogen) atoms. The molecule has 1 aliphatic heterocycles. The van der Waals surface area contributed by atoms with Crippen LogP contribution in [0.15, 0.2) is 307 Å². The van der Waals surface area contributed by atoms with Gasteiger partial charge in [-0.05, 0) is 125 Å². The Bertz CT molecular complexity index is 5410. The summed E-state index contributed by atoms with van der Waals surface area (Å²) in [6.45, 7) is 0. The van der Waals surface area contributed by atoms with Crippen molar-refractivity contribution in [2.24, 2.45) is 10.9 Å². The smallest absolute Gasteiger partial charge is 0.265 e. The van der Waals surface area contributed by atoms with Crippen LogP contribution in [0.1, 0.15) is 11.9 Å². The average molecular weight is 1070 g/mol. The van der Waals surface area contributed by atoms with E-state index in [9.17, 15) is 0 Å². The van der Waals surface area contributed by atoms with Crippen molar-refractivity contribution in [3.8, 4) is 39.3 Å². The molecule has 3 aliphatic rings. The molecule has 0 saturated carbocycles. The third-order valence-corrected chi connectivity index (χ3v) is 18.3. The molecule has 2 aliphatic carbocycles. The quantitative estimate of drug-likeness (QED) is 0.165. The van der Waals surface area contributed by atoms with E-state index in [1.807, 2.05) is 0 Å². The van der Waals surface area contributed by atoms with Gasteiger partial charge in [0.1, 0.15) is 6.04 Å². The van der Waals surface area contributed by atoms with Gasteiger partial charge in [0.25, 0.3) is 6.29 Å². The molecule has 0 spiro atoms. The number of fused-ring (bicyclic) bond motifs is 15. The summed E-state index contributed by atoms with van der Waals surface area (Å²) in [5.74, 6) is 0.200. The van der Waals surface area contributed by atoms with Crippen molar-refractivity contribution in [1.29, 1.82) is 0 Å². The van der Waals surface area contributed by atoms with E-state index < -0.39 is 0 Å². The van der Waals surface area contributed by atoms with Gasteiger partial charge in [0.05, 0.1) is 55.8 Å². The minimum Gasteiger partial charge on any atom is -0.309 e. The van der Waals surface area contributed by atoms with Crippen molar-refractivity contribution in [2.45, 2.75) is 12.3 Å². The fourth-order valence-electron chi connectivity index (χ4n) is 14.5. The van der Waals surface area contributed by atoms with Gasteiger partial charge < -0.3 is 13.7 Å². The lowest BCUT2D eigenvalue weighted by atomic mass is 9.77. The van der Waals surface area contributed by atoms with Gasteiger partial charge in [-0.2, -0.15) is 0 Å². The summed E-state index contributed by atoms with van der Waals surface area (Å²) >= 11 is 0. The molecule has 6 nitrogen and oxygen atoms in total. The third-order valence-electron chi connectivity index (χ3n) is 18.3. The molecule has 0 saturated heterocycles. The number of benzene rings is 11. The SMILES string of the molecule is C1=CC2=CC=C3C(c4ccc(-n5c6ccccc6c6ccc(-c7ccc8c(c7)c7ccccc7n8-c7ccccc7)cc65)cc4)=NC(n4c5ccccc5c5ccc(-c6ccc7c(c6)c6ccccc6n7-c6ccccc6)cc54)[NH2+]C3C2C=C1. The number of nitrogens with zero attached hydrogens (tertiary/aromatic N) is 5. The first kappa shape index (κ1) is 46.9. The molecular formula is C78H53N6+. The van der Waals surface area contributed by atoms with Gasteiger partial charge in [0.2, 0.25) is 0 Å². The van der Waals surface area contributed by atoms with Gasteiger partial charge in [0, 0.05) is 71.3 Å². The summed E-state index contributed by atoms with van der Waals surface area (Å²) in [5.41, 5.74) is 22.4. The van der Waals surface area contributed by atoms with E-state index in [-0.39, 0.29) is 18.2 Å². The zero-order valence-electron chi connectivity index (χ0n) is 45.8. The third kappa shape index (κ3) is 7.05. The number of hydrogen-bond donors (Lipinski definition) is 1. The second kappa shape index (κ2) is 18.4. The highest BCUT2D eigenvalue weighted by Gasteiger charge is 2.41. The molecule has 394 valence electrons. The van der Waals surface area contributed by atoms with Gasteiger partial charge in [0.15, 0.2) is 0 Å². The number of allylic oxidation sites excluding steroid dienone is 5. The molecule has 5 heterocycles. The maximum absolute atomic E-state index is 5.90. The highest BCUT2D eigenvalue weighted by atomic mass is 15.3. The lowest BCUT2D eigenvalue weighted by Crippen LogP contribution is -2.95. The van der Waals surface area contributed by atoms with E-state index in [2.05, 4.69) is 315 Å². The van der Waals surface area contributed by atoms with E-state index in [0.717, 1.165) is 28.3 Å². The number of quaternary nitrogens is 1. The molecule has 0 radical (unpaired) electrons. The highest BCUT2D eigenvalue weighted by Crippen LogP contribution is 2.42.